The van der Waals surface area contributed by atoms with Crippen LogP contribution in [0.5, 0.6) is 0 Å². The van der Waals surface area contributed by atoms with Crippen LogP contribution in [-0.2, 0) is 12.8 Å². The van der Waals surface area contributed by atoms with Crippen LogP contribution in [0.3, 0.4) is 0 Å². The molecule has 4 heteroatoms. The molecule has 114 valence electrons. The SMILES string of the molecule is O=C(Nc1cccc2c1CCCC2)N1CCCC(CO)C1. The van der Waals surface area contributed by atoms with Crippen molar-refractivity contribution in [1.82, 2.24) is 4.90 Å². The fourth-order valence-electron chi connectivity index (χ4n) is 3.49. The first-order valence-electron chi connectivity index (χ1n) is 8.05. The molecule has 1 aliphatic heterocycles. The second kappa shape index (κ2) is 6.48. The number of fused-ring (bicyclic) bond motifs is 1. The van der Waals surface area contributed by atoms with E-state index >= 15 is 0 Å². The summed E-state index contributed by atoms with van der Waals surface area (Å²) in [6.07, 6.45) is 6.62. The molecule has 1 aromatic carbocycles. The third kappa shape index (κ3) is 3.21. The Morgan fingerprint density at radius 2 is 2.14 bits per heavy atom. The molecule has 3 rings (SSSR count). The first kappa shape index (κ1) is 14.4. The molecule has 1 aromatic rings. The molecule has 0 saturated carbocycles. The highest BCUT2D eigenvalue weighted by Gasteiger charge is 2.24. The summed E-state index contributed by atoms with van der Waals surface area (Å²) in [4.78, 5) is 14.3. The van der Waals surface area contributed by atoms with Crippen molar-refractivity contribution in [3.05, 3.63) is 29.3 Å². The number of likely N-dealkylation sites (tertiary alicyclic amines) is 1. The van der Waals surface area contributed by atoms with E-state index in [1.165, 1.54) is 24.0 Å². The fourth-order valence-corrected chi connectivity index (χ4v) is 3.49. The van der Waals surface area contributed by atoms with Crippen LogP contribution in [-0.4, -0.2) is 35.7 Å². The Labute approximate surface area is 126 Å². The summed E-state index contributed by atoms with van der Waals surface area (Å²) in [5.74, 6) is 0.231. The summed E-state index contributed by atoms with van der Waals surface area (Å²) in [5.41, 5.74) is 3.67. The maximum absolute atomic E-state index is 12.4. The first-order chi connectivity index (χ1) is 10.3. The number of piperidine rings is 1. The lowest BCUT2D eigenvalue weighted by molar-refractivity contribution is 0.136. The number of rotatable bonds is 2. The largest absolute Gasteiger partial charge is 0.396 e. The average molecular weight is 288 g/mol. The van der Waals surface area contributed by atoms with Crippen LogP contribution in [0.4, 0.5) is 10.5 Å². The summed E-state index contributed by atoms with van der Waals surface area (Å²) in [6, 6.07) is 6.20. The maximum atomic E-state index is 12.4. The van der Waals surface area contributed by atoms with Crippen LogP contribution in [0, 0.1) is 5.92 Å². The standard InChI is InChI=1S/C17H24N2O2/c20-12-13-5-4-10-19(11-13)17(21)18-16-9-3-7-14-6-1-2-8-15(14)16/h3,7,9,13,20H,1-2,4-6,8,10-12H2,(H,18,21). The number of anilines is 1. The van der Waals surface area contributed by atoms with E-state index in [4.69, 9.17) is 0 Å². The predicted molar refractivity (Wildman–Crippen MR) is 83.5 cm³/mol. The van der Waals surface area contributed by atoms with E-state index in [9.17, 15) is 9.90 Å². The number of urea groups is 1. The number of nitrogens with zero attached hydrogens (tertiary/aromatic N) is 1. The van der Waals surface area contributed by atoms with Gasteiger partial charge in [-0.05, 0) is 61.6 Å². The number of amides is 2. The molecule has 0 bridgehead atoms. The number of carbonyl (C=O) groups excluding carboxylic acids is 1. The summed E-state index contributed by atoms with van der Waals surface area (Å²) in [6.45, 7) is 1.62. The Hall–Kier alpha value is -1.55. The first-order valence-corrected chi connectivity index (χ1v) is 8.05. The number of aryl methyl sites for hydroxylation is 1. The molecule has 1 saturated heterocycles. The van der Waals surface area contributed by atoms with E-state index < -0.39 is 0 Å². The molecule has 1 atom stereocenters. The minimum atomic E-state index is -0.0212. The number of benzene rings is 1. The predicted octanol–water partition coefficient (Wildman–Crippen LogP) is 2.80. The Kier molecular flexibility index (Phi) is 4.44. The van der Waals surface area contributed by atoms with E-state index in [0.29, 0.717) is 6.54 Å². The fraction of sp³-hybridized carbons (Fsp3) is 0.588. The van der Waals surface area contributed by atoms with Crippen LogP contribution in [0.1, 0.15) is 36.8 Å². The molecule has 0 aromatic heterocycles. The van der Waals surface area contributed by atoms with Crippen molar-refractivity contribution in [2.75, 3.05) is 25.0 Å². The normalized spacial score (nSPS) is 21.8. The zero-order valence-corrected chi connectivity index (χ0v) is 12.5. The van der Waals surface area contributed by atoms with Gasteiger partial charge in [0.1, 0.15) is 0 Å². The monoisotopic (exact) mass is 288 g/mol. The lowest BCUT2D eigenvalue weighted by Crippen LogP contribution is -2.43. The van der Waals surface area contributed by atoms with Crippen LogP contribution < -0.4 is 5.32 Å². The molecule has 2 N–H and O–H groups in total. The molecule has 0 spiro atoms. The molecular weight excluding hydrogens is 264 g/mol. The van der Waals surface area contributed by atoms with Crippen LogP contribution >= 0.6 is 0 Å². The smallest absolute Gasteiger partial charge is 0.321 e. The van der Waals surface area contributed by atoms with Gasteiger partial charge in [0.15, 0.2) is 0 Å². The summed E-state index contributed by atoms with van der Waals surface area (Å²) in [7, 11) is 0. The molecule has 2 amide bonds. The molecule has 0 radical (unpaired) electrons. The Morgan fingerprint density at radius 3 is 3.00 bits per heavy atom. The van der Waals surface area contributed by atoms with Gasteiger partial charge in [-0.1, -0.05) is 12.1 Å². The summed E-state index contributed by atoms with van der Waals surface area (Å²) < 4.78 is 0. The Morgan fingerprint density at radius 1 is 1.29 bits per heavy atom. The quantitative estimate of drug-likeness (QED) is 0.879. The second-order valence-electron chi connectivity index (χ2n) is 6.22. The number of aliphatic hydroxyl groups is 1. The number of hydrogen-bond acceptors (Lipinski definition) is 2. The second-order valence-corrected chi connectivity index (χ2v) is 6.22. The van der Waals surface area contributed by atoms with E-state index in [-0.39, 0.29) is 18.6 Å². The number of carbonyl (C=O) groups is 1. The highest BCUT2D eigenvalue weighted by Crippen LogP contribution is 2.28. The van der Waals surface area contributed by atoms with Crippen LogP contribution in [0.25, 0.3) is 0 Å². The van der Waals surface area contributed by atoms with Gasteiger partial charge in [0.2, 0.25) is 0 Å². The zero-order chi connectivity index (χ0) is 14.7. The van der Waals surface area contributed by atoms with Crippen molar-refractivity contribution in [1.29, 1.82) is 0 Å². The summed E-state index contributed by atoms with van der Waals surface area (Å²) >= 11 is 0. The van der Waals surface area contributed by atoms with Gasteiger partial charge in [0, 0.05) is 25.4 Å². The van der Waals surface area contributed by atoms with Gasteiger partial charge in [-0.15, -0.1) is 0 Å². The lowest BCUT2D eigenvalue weighted by Gasteiger charge is -2.32. The van der Waals surface area contributed by atoms with E-state index in [2.05, 4.69) is 11.4 Å². The maximum Gasteiger partial charge on any atom is 0.321 e. The van der Waals surface area contributed by atoms with E-state index in [1.807, 2.05) is 17.0 Å². The minimum absolute atomic E-state index is 0.0212. The highest BCUT2D eigenvalue weighted by atomic mass is 16.3. The van der Waals surface area contributed by atoms with Gasteiger partial charge in [-0.3, -0.25) is 0 Å². The van der Waals surface area contributed by atoms with Crippen molar-refractivity contribution < 1.29 is 9.90 Å². The topological polar surface area (TPSA) is 52.6 Å². The van der Waals surface area contributed by atoms with Crippen molar-refractivity contribution >= 4 is 11.7 Å². The average Bonchev–Trinajstić information content (AvgIpc) is 2.55. The number of aliphatic hydroxyl groups excluding tert-OH is 1. The van der Waals surface area contributed by atoms with Gasteiger partial charge >= 0.3 is 6.03 Å². The Bertz CT molecular complexity index is 516. The molecule has 4 nitrogen and oxygen atoms in total. The van der Waals surface area contributed by atoms with Crippen LogP contribution in [0.15, 0.2) is 18.2 Å². The molecule has 1 unspecified atom stereocenters. The third-order valence-electron chi connectivity index (χ3n) is 4.70. The number of nitrogens with one attached hydrogen (secondary N) is 1. The van der Waals surface area contributed by atoms with E-state index in [0.717, 1.165) is 37.9 Å². The number of hydrogen-bond donors (Lipinski definition) is 2. The third-order valence-corrected chi connectivity index (χ3v) is 4.70. The molecule has 1 fully saturated rings. The van der Waals surface area contributed by atoms with Gasteiger partial charge in [-0.2, -0.15) is 0 Å². The minimum Gasteiger partial charge on any atom is -0.396 e. The molecule has 2 aliphatic rings. The van der Waals surface area contributed by atoms with Crippen molar-refractivity contribution in [3.8, 4) is 0 Å². The summed E-state index contributed by atoms with van der Waals surface area (Å²) in [5, 5.41) is 12.4. The van der Waals surface area contributed by atoms with Gasteiger partial charge in [-0.25, -0.2) is 4.79 Å². The highest BCUT2D eigenvalue weighted by molar-refractivity contribution is 5.90. The molecular formula is C17H24N2O2. The van der Waals surface area contributed by atoms with Crippen LogP contribution in [0.2, 0.25) is 0 Å². The van der Waals surface area contributed by atoms with E-state index in [1.54, 1.807) is 0 Å². The van der Waals surface area contributed by atoms with Gasteiger partial charge < -0.3 is 15.3 Å². The molecule has 21 heavy (non-hydrogen) atoms. The van der Waals surface area contributed by atoms with Crippen molar-refractivity contribution in [2.24, 2.45) is 5.92 Å². The van der Waals surface area contributed by atoms with Gasteiger partial charge in [0.25, 0.3) is 0 Å². The molecule has 1 aliphatic carbocycles. The zero-order valence-electron chi connectivity index (χ0n) is 12.5. The lowest BCUT2D eigenvalue weighted by atomic mass is 9.90. The van der Waals surface area contributed by atoms with Gasteiger partial charge in [0.05, 0.1) is 0 Å². The molecule has 1 heterocycles. The van der Waals surface area contributed by atoms with Crippen molar-refractivity contribution in [2.45, 2.75) is 38.5 Å². The van der Waals surface area contributed by atoms with Crippen molar-refractivity contribution in [3.63, 3.8) is 0 Å². The Balaban J connectivity index is 1.70.